The number of nitrogens with zero attached hydrogens (tertiary/aromatic N) is 3. The topological polar surface area (TPSA) is 127 Å². The normalized spacial score (nSPS) is 21.1. The van der Waals surface area contributed by atoms with Gasteiger partial charge in [-0.05, 0) is 69.5 Å². The second-order valence-corrected chi connectivity index (χ2v) is 12.9. The van der Waals surface area contributed by atoms with Crippen LogP contribution in [0.5, 0.6) is 0 Å². The third-order valence-corrected chi connectivity index (χ3v) is 8.30. The Bertz CT molecular complexity index is 1540. The average Bonchev–Trinajstić information content (AvgIpc) is 3.37. The van der Waals surface area contributed by atoms with E-state index in [4.69, 9.17) is 4.74 Å². The maximum absolute atomic E-state index is 13.9. The predicted octanol–water partition coefficient (Wildman–Crippen LogP) is 4.42. The van der Waals surface area contributed by atoms with E-state index < -0.39 is 47.7 Å². The van der Waals surface area contributed by atoms with E-state index in [1.807, 2.05) is 61.6 Å². The fraction of sp³-hybridized carbons (Fsp3) is 0.455. The number of piperidine rings is 1. The third-order valence-electron chi connectivity index (χ3n) is 8.30. The van der Waals surface area contributed by atoms with Crippen molar-refractivity contribution in [2.45, 2.75) is 70.7 Å². The van der Waals surface area contributed by atoms with Crippen molar-refractivity contribution < 1.29 is 23.9 Å². The Labute approximate surface area is 257 Å². The molecular weight excluding hydrogens is 560 g/mol. The van der Waals surface area contributed by atoms with E-state index in [9.17, 15) is 19.2 Å². The average molecular weight is 603 g/mol. The van der Waals surface area contributed by atoms with Crippen LogP contribution in [0.3, 0.4) is 0 Å². The van der Waals surface area contributed by atoms with Crippen molar-refractivity contribution in [1.29, 1.82) is 0 Å². The quantitative estimate of drug-likeness (QED) is 0.368. The molecule has 4 atom stereocenters. The van der Waals surface area contributed by atoms with Gasteiger partial charge in [-0.2, -0.15) is 0 Å². The molecule has 2 saturated heterocycles. The van der Waals surface area contributed by atoms with Gasteiger partial charge in [-0.3, -0.25) is 9.59 Å². The lowest BCUT2D eigenvalue weighted by molar-refractivity contribution is -0.129. The Morgan fingerprint density at radius 2 is 1.80 bits per heavy atom. The zero-order valence-electron chi connectivity index (χ0n) is 26.2. The molecule has 234 valence electrons. The number of carbonyl (C=O) groups is 4. The summed E-state index contributed by atoms with van der Waals surface area (Å²) in [5, 5.41) is 6.82. The third kappa shape index (κ3) is 6.36. The van der Waals surface area contributed by atoms with Crippen LogP contribution in [0.2, 0.25) is 0 Å². The summed E-state index contributed by atoms with van der Waals surface area (Å²) in [5.74, 6) is -1.27. The molecule has 11 heteroatoms. The van der Waals surface area contributed by atoms with Gasteiger partial charge in [0, 0.05) is 49.8 Å². The van der Waals surface area contributed by atoms with Gasteiger partial charge in [0.15, 0.2) is 0 Å². The predicted molar refractivity (Wildman–Crippen MR) is 170 cm³/mol. The summed E-state index contributed by atoms with van der Waals surface area (Å²) in [4.78, 5) is 62.3. The molecule has 0 saturated carbocycles. The molecule has 2 fully saturated rings. The summed E-state index contributed by atoms with van der Waals surface area (Å²) in [5.41, 5.74) is 2.53. The van der Waals surface area contributed by atoms with Crippen molar-refractivity contribution in [2.75, 3.05) is 30.4 Å². The Kier molecular flexibility index (Phi) is 8.58. The van der Waals surface area contributed by atoms with Crippen LogP contribution in [-0.2, 0) is 20.7 Å². The van der Waals surface area contributed by atoms with Gasteiger partial charge in [0.1, 0.15) is 11.6 Å². The summed E-state index contributed by atoms with van der Waals surface area (Å²) in [6, 6.07) is 12.7. The number of fused-ring (bicyclic) bond motifs is 2. The highest BCUT2D eigenvalue weighted by atomic mass is 16.6. The number of ether oxygens (including phenoxy) is 1. The van der Waals surface area contributed by atoms with Gasteiger partial charge in [-0.15, -0.1) is 0 Å². The lowest BCUT2D eigenvalue weighted by Crippen LogP contribution is -2.69. The molecule has 3 heterocycles. The minimum absolute atomic E-state index is 0.223. The van der Waals surface area contributed by atoms with Crippen molar-refractivity contribution >= 4 is 46.2 Å². The number of rotatable bonds is 7. The summed E-state index contributed by atoms with van der Waals surface area (Å²) >= 11 is 0. The fourth-order valence-corrected chi connectivity index (χ4v) is 6.19. The first-order valence-electron chi connectivity index (χ1n) is 15.1. The highest BCUT2D eigenvalue weighted by Gasteiger charge is 2.50. The molecule has 5 amide bonds. The van der Waals surface area contributed by atoms with Gasteiger partial charge < -0.3 is 30.2 Å². The number of para-hydroxylation sites is 1. The van der Waals surface area contributed by atoms with Crippen LogP contribution in [0.25, 0.3) is 10.9 Å². The second-order valence-electron chi connectivity index (χ2n) is 12.9. The molecule has 2 aliphatic heterocycles. The Morgan fingerprint density at radius 3 is 2.48 bits per heavy atom. The molecular formula is C33H42N6O5. The summed E-state index contributed by atoms with van der Waals surface area (Å²) in [6.07, 6.45) is 2.62. The van der Waals surface area contributed by atoms with Gasteiger partial charge >= 0.3 is 12.1 Å². The highest BCUT2D eigenvalue weighted by Crippen LogP contribution is 2.34. The number of H-pyrrole nitrogens is 1. The minimum atomic E-state index is -0.948. The van der Waals surface area contributed by atoms with Crippen LogP contribution in [0.15, 0.2) is 54.7 Å². The number of nitrogens with one attached hydrogen (secondary N) is 3. The van der Waals surface area contributed by atoms with Gasteiger partial charge in [-0.25, -0.2) is 14.5 Å². The van der Waals surface area contributed by atoms with E-state index >= 15 is 0 Å². The standard InChI is InChI=1S/C33H42N6O5/c1-20-28-26(12-9-17-38(28)32(43)39(30(20)41)23-15-13-22(14-16-23)37(5)6)35-29(40)27(36-31(42)44-33(2,3)4)18-21-19-34-25-11-8-7-10-24(21)25/h7-8,10-11,13-16,19-20,26-28,34H,9,12,17-18H2,1-6H3,(H,35,40)(H,36,42)/t20-,26-,27-,28+/m0/s1. The van der Waals surface area contributed by atoms with Gasteiger partial charge in [0.2, 0.25) is 11.8 Å². The molecule has 0 bridgehead atoms. The number of aromatic nitrogens is 1. The van der Waals surface area contributed by atoms with E-state index in [-0.39, 0.29) is 12.3 Å². The zero-order valence-corrected chi connectivity index (χ0v) is 26.2. The summed E-state index contributed by atoms with van der Waals surface area (Å²) in [6.45, 7) is 7.57. The van der Waals surface area contributed by atoms with Crippen molar-refractivity contribution in [1.82, 2.24) is 20.5 Å². The largest absolute Gasteiger partial charge is 0.444 e. The second kappa shape index (κ2) is 12.2. The maximum Gasteiger partial charge on any atom is 0.408 e. The number of benzene rings is 2. The monoisotopic (exact) mass is 602 g/mol. The number of hydrogen-bond donors (Lipinski definition) is 3. The minimum Gasteiger partial charge on any atom is -0.444 e. The maximum atomic E-state index is 13.9. The molecule has 0 radical (unpaired) electrons. The molecule has 0 aliphatic carbocycles. The molecule has 1 aromatic heterocycles. The van der Waals surface area contributed by atoms with Crippen LogP contribution in [0, 0.1) is 5.92 Å². The van der Waals surface area contributed by atoms with E-state index in [2.05, 4.69) is 15.6 Å². The van der Waals surface area contributed by atoms with E-state index in [0.29, 0.717) is 25.1 Å². The molecule has 44 heavy (non-hydrogen) atoms. The van der Waals surface area contributed by atoms with Crippen molar-refractivity contribution in [2.24, 2.45) is 5.92 Å². The van der Waals surface area contributed by atoms with Crippen LogP contribution in [0.1, 0.15) is 46.1 Å². The Morgan fingerprint density at radius 1 is 1.09 bits per heavy atom. The molecule has 2 aromatic carbocycles. The molecule has 0 spiro atoms. The van der Waals surface area contributed by atoms with E-state index in [1.54, 1.807) is 44.7 Å². The summed E-state index contributed by atoms with van der Waals surface area (Å²) in [7, 11) is 3.85. The van der Waals surface area contributed by atoms with Crippen molar-refractivity contribution in [3.63, 3.8) is 0 Å². The van der Waals surface area contributed by atoms with Crippen LogP contribution < -0.4 is 20.4 Å². The van der Waals surface area contributed by atoms with Gasteiger partial charge in [0.25, 0.3) is 0 Å². The molecule has 11 nitrogen and oxygen atoms in total. The molecule has 3 N–H and O–H groups in total. The van der Waals surface area contributed by atoms with E-state index in [1.165, 1.54) is 4.90 Å². The number of carbonyl (C=O) groups excluding carboxylic acids is 4. The smallest absolute Gasteiger partial charge is 0.408 e. The Hall–Kier alpha value is -4.54. The Balaban J connectivity index is 1.36. The first-order valence-corrected chi connectivity index (χ1v) is 15.1. The molecule has 0 unspecified atom stereocenters. The fourth-order valence-electron chi connectivity index (χ4n) is 6.19. The number of hydrogen-bond acceptors (Lipinski definition) is 6. The molecule has 2 aliphatic rings. The number of anilines is 2. The number of imide groups is 1. The lowest BCUT2D eigenvalue weighted by atomic mass is 9.84. The van der Waals surface area contributed by atoms with Crippen LogP contribution in [0.4, 0.5) is 21.0 Å². The SMILES string of the molecule is C[C@@H]1C(=O)N(c2ccc(N(C)C)cc2)C(=O)N2CCC[C@H](NC(=O)[C@H](Cc3c[nH]c4ccccc34)NC(=O)OC(C)(C)C)[C@@H]12. The van der Waals surface area contributed by atoms with Crippen LogP contribution in [-0.4, -0.2) is 78.2 Å². The first-order chi connectivity index (χ1) is 20.8. The number of urea groups is 1. The molecule has 3 aromatic rings. The van der Waals surface area contributed by atoms with Gasteiger partial charge in [0.05, 0.1) is 23.7 Å². The number of amides is 5. The molecule has 5 rings (SSSR count). The number of aromatic amines is 1. The first kappa shape index (κ1) is 30.9. The van der Waals surface area contributed by atoms with Gasteiger partial charge in [-0.1, -0.05) is 25.1 Å². The number of alkyl carbamates (subject to hydrolysis) is 1. The van der Waals surface area contributed by atoms with E-state index in [0.717, 1.165) is 22.2 Å². The van der Waals surface area contributed by atoms with Crippen molar-refractivity contribution in [3.8, 4) is 0 Å². The lowest BCUT2D eigenvalue weighted by Gasteiger charge is -2.49. The zero-order chi connectivity index (χ0) is 31.8. The van der Waals surface area contributed by atoms with Crippen LogP contribution >= 0.6 is 0 Å². The highest BCUT2D eigenvalue weighted by molar-refractivity contribution is 6.17. The van der Waals surface area contributed by atoms with Crippen molar-refractivity contribution in [3.05, 3.63) is 60.3 Å². The summed E-state index contributed by atoms with van der Waals surface area (Å²) < 4.78 is 5.48.